The van der Waals surface area contributed by atoms with Crippen LogP contribution in [0.1, 0.15) is 58.3 Å². The number of aliphatic hydroxyl groups is 1. The number of hydrogen-bond acceptors (Lipinski definition) is 2. The first kappa shape index (κ1) is 13.0. The summed E-state index contributed by atoms with van der Waals surface area (Å²) in [6.07, 6.45) is 9.32. The van der Waals surface area contributed by atoms with Crippen LogP contribution in [-0.4, -0.2) is 24.4 Å². The molecule has 0 spiro atoms. The van der Waals surface area contributed by atoms with Crippen LogP contribution in [0.4, 0.5) is 0 Å². The molecule has 1 N–H and O–H groups in total. The van der Waals surface area contributed by atoms with Crippen molar-refractivity contribution < 1.29 is 9.84 Å². The van der Waals surface area contributed by atoms with Gasteiger partial charge < -0.3 is 9.84 Å². The van der Waals surface area contributed by atoms with Gasteiger partial charge in [-0.05, 0) is 31.6 Å². The van der Waals surface area contributed by atoms with E-state index in [0.717, 1.165) is 32.5 Å². The van der Waals surface area contributed by atoms with Gasteiger partial charge in [-0.2, -0.15) is 0 Å². The number of ether oxygens (including phenoxy) is 1. The second-order valence-electron chi connectivity index (χ2n) is 4.72. The number of rotatable bonds is 6. The smallest absolute Gasteiger partial charge is 0.0569 e. The minimum absolute atomic E-state index is 0.0673. The molecule has 0 aliphatic heterocycles. The van der Waals surface area contributed by atoms with Crippen LogP contribution >= 0.6 is 0 Å². The minimum atomic E-state index is -0.0673. The lowest BCUT2D eigenvalue weighted by Gasteiger charge is -2.19. The molecule has 2 unspecified atom stereocenters. The van der Waals surface area contributed by atoms with Crippen molar-refractivity contribution in [3.63, 3.8) is 0 Å². The first-order valence-corrected chi connectivity index (χ1v) is 6.60. The van der Waals surface area contributed by atoms with Gasteiger partial charge >= 0.3 is 0 Å². The molecule has 0 aromatic heterocycles. The summed E-state index contributed by atoms with van der Waals surface area (Å²) in [6, 6.07) is 0. The zero-order valence-electron chi connectivity index (χ0n) is 10.1. The van der Waals surface area contributed by atoms with E-state index in [9.17, 15) is 5.11 Å². The van der Waals surface area contributed by atoms with E-state index >= 15 is 0 Å². The van der Waals surface area contributed by atoms with Crippen LogP contribution in [0.3, 0.4) is 0 Å². The van der Waals surface area contributed by atoms with E-state index in [1.807, 2.05) is 0 Å². The molecule has 0 heterocycles. The lowest BCUT2D eigenvalue weighted by Crippen LogP contribution is -2.20. The van der Waals surface area contributed by atoms with Crippen molar-refractivity contribution in [3.05, 3.63) is 0 Å². The summed E-state index contributed by atoms with van der Waals surface area (Å²) in [5.41, 5.74) is 0. The Morgan fingerprint density at radius 2 is 1.93 bits per heavy atom. The van der Waals surface area contributed by atoms with Gasteiger partial charge in [0.05, 0.1) is 6.10 Å². The average Bonchev–Trinajstić information content (AvgIpc) is 2.44. The SMILES string of the molecule is CCCCOCCC1CCCCCC1O. The van der Waals surface area contributed by atoms with Gasteiger partial charge in [-0.1, -0.05) is 32.6 Å². The van der Waals surface area contributed by atoms with E-state index in [-0.39, 0.29) is 6.10 Å². The molecule has 2 heteroatoms. The third kappa shape index (κ3) is 5.53. The second-order valence-corrected chi connectivity index (χ2v) is 4.72. The molecule has 0 amide bonds. The van der Waals surface area contributed by atoms with E-state index in [1.165, 1.54) is 32.1 Å². The topological polar surface area (TPSA) is 29.5 Å². The van der Waals surface area contributed by atoms with Crippen molar-refractivity contribution in [2.24, 2.45) is 5.92 Å². The fourth-order valence-corrected chi connectivity index (χ4v) is 2.28. The van der Waals surface area contributed by atoms with E-state index < -0.39 is 0 Å². The van der Waals surface area contributed by atoms with Gasteiger partial charge in [-0.15, -0.1) is 0 Å². The van der Waals surface area contributed by atoms with E-state index in [2.05, 4.69) is 6.92 Å². The van der Waals surface area contributed by atoms with Crippen LogP contribution < -0.4 is 0 Å². The van der Waals surface area contributed by atoms with Crippen LogP contribution in [0.15, 0.2) is 0 Å². The Balaban J connectivity index is 2.07. The van der Waals surface area contributed by atoms with Crippen molar-refractivity contribution in [1.29, 1.82) is 0 Å². The standard InChI is InChI=1S/C13H26O2/c1-2-3-10-15-11-9-12-7-5-4-6-8-13(12)14/h12-14H,2-11H2,1H3. The molecule has 1 fully saturated rings. The van der Waals surface area contributed by atoms with Crippen molar-refractivity contribution in [2.45, 2.75) is 64.4 Å². The van der Waals surface area contributed by atoms with Gasteiger partial charge in [0.2, 0.25) is 0 Å². The molecule has 1 aliphatic rings. The maximum Gasteiger partial charge on any atom is 0.0569 e. The van der Waals surface area contributed by atoms with Crippen molar-refractivity contribution in [1.82, 2.24) is 0 Å². The number of hydrogen-bond donors (Lipinski definition) is 1. The van der Waals surface area contributed by atoms with Gasteiger partial charge in [-0.3, -0.25) is 0 Å². The van der Waals surface area contributed by atoms with Gasteiger partial charge in [0, 0.05) is 13.2 Å². The van der Waals surface area contributed by atoms with Crippen LogP contribution in [-0.2, 0) is 4.74 Å². The van der Waals surface area contributed by atoms with Crippen molar-refractivity contribution >= 4 is 0 Å². The Bertz CT molecular complexity index is 147. The highest BCUT2D eigenvalue weighted by molar-refractivity contribution is 4.72. The highest BCUT2D eigenvalue weighted by atomic mass is 16.5. The fourth-order valence-electron chi connectivity index (χ4n) is 2.28. The van der Waals surface area contributed by atoms with Crippen LogP contribution in [0, 0.1) is 5.92 Å². The molecule has 1 rings (SSSR count). The summed E-state index contributed by atoms with van der Waals surface area (Å²) in [4.78, 5) is 0. The zero-order chi connectivity index (χ0) is 10.9. The average molecular weight is 214 g/mol. The molecule has 2 nitrogen and oxygen atoms in total. The molecule has 0 aromatic rings. The Morgan fingerprint density at radius 1 is 1.13 bits per heavy atom. The summed E-state index contributed by atoms with van der Waals surface area (Å²) >= 11 is 0. The molecule has 1 aliphatic carbocycles. The maximum atomic E-state index is 9.90. The van der Waals surface area contributed by atoms with E-state index in [0.29, 0.717) is 5.92 Å². The third-order valence-electron chi connectivity index (χ3n) is 3.39. The highest BCUT2D eigenvalue weighted by Gasteiger charge is 2.20. The minimum Gasteiger partial charge on any atom is -0.393 e. The third-order valence-corrected chi connectivity index (χ3v) is 3.39. The number of unbranched alkanes of at least 4 members (excludes halogenated alkanes) is 1. The Morgan fingerprint density at radius 3 is 2.73 bits per heavy atom. The molecule has 0 saturated heterocycles. The zero-order valence-corrected chi connectivity index (χ0v) is 10.1. The normalized spacial score (nSPS) is 27.6. The van der Waals surface area contributed by atoms with Gasteiger partial charge in [0.15, 0.2) is 0 Å². The van der Waals surface area contributed by atoms with Crippen molar-refractivity contribution in [2.75, 3.05) is 13.2 Å². The molecular weight excluding hydrogens is 188 g/mol. The summed E-state index contributed by atoms with van der Waals surface area (Å²) in [5.74, 6) is 0.495. The van der Waals surface area contributed by atoms with E-state index in [4.69, 9.17) is 4.74 Å². The molecule has 0 radical (unpaired) electrons. The monoisotopic (exact) mass is 214 g/mol. The molecule has 2 atom stereocenters. The van der Waals surface area contributed by atoms with Gasteiger partial charge in [-0.25, -0.2) is 0 Å². The lowest BCUT2D eigenvalue weighted by atomic mass is 9.94. The van der Waals surface area contributed by atoms with Gasteiger partial charge in [0.1, 0.15) is 0 Å². The highest BCUT2D eigenvalue weighted by Crippen LogP contribution is 2.25. The first-order valence-electron chi connectivity index (χ1n) is 6.60. The Labute approximate surface area is 94.0 Å². The predicted octanol–water partition coefficient (Wildman–Crippen LogP) is 3.13. The molecular formula is C13H26O2. The van der Waals surface area contributed by atoms with E-state index in [1.54, 1.807) is 0 Å². The summed E-state index contributed by atoms with van der Waals surface area (Å²) in [7, 11) is 0. The Hall–Kier alpha value is -0.0800. The van der Waals surface area contributed by atoms with Gasteiger partial charge in [0.25, 0.3) is 0 Å². The van der Waals surface area contributed by atoms with Crippen LogP contribution in [0.25, 0.3) is 0 Å². The first-order chi connectivity index (χ1) is 7.34. The lowest BCUT2D eigenvalue weighted by molar-refractivity contribution is 0.0606. The molecule has 0 bridgehead atoms. The maximum absolute atomic E-state index is 9.90. The number of aliphatic hydroxyl groups excluding tert-OH is 1. The van der Waals surface area contributed by atoms with Crippen LogP contribution in [0.2, 0.25) is 0 Å². The predicted molar refractivity (Wildman–Crippen MR) is 62.9 cm³/mol. The molecule has 15 heavy (non-hydrogen) atoms. The quantitative estimate of drug-likeness (QED) is 0.543. The Kier molecular flexibility index (Phi) is 7.03. The molecule has 90 valence electrons. The summed E-state index contributed by atoms with van der Waals surface area (Å²) in [6.45, 7) is 3.90. The second kappa shape index (κ2) is 8.12. The fraction of sp³-hybridized carbons (Fsp3) is 1.00. The largest absolute Gasteiger partial charge is 0.393 e. The summed E-state index contributed by atoms with van der Waals surface area (Å²) in [5, 5.41) is 9.90. The molecule has 0 aromatic carbocycles. The summed E-state index contributed by atoms with van der Waals surface area (Å²) < 4.78 is 5.55. The van der Waals surface area contributed by atoms with Crippen molar-refractivity contribution in [3.8, 4) is 0 Å². The molecule has 1 saturated carbocycles. The van der Waals surface area contributed by atoms with Crippen LogP contribution in [0.5, 0.6) is 0 Å².